The summed E-state index contributed by atoms with van der Waals surface area (Å²) in [6.45, 7) is 2.62. The van der Waals surface area contributed by atoms with Gasteiger partial charge in [-0.3, -0.25) is 0 Å². The largest absolute Gasteiger partial charge is 0.463 e. The third-order valence-corrected chi connectivity index (χ3v) is 2.42. The van der Waals surface area contributed by atoms with Gasteiger partial charge in [-0.15, -0.1) is 4.98 Å². The molecule has 0 amide bonds. The summed E-state index contributed by atoms with van der Waals surface area (Å²) in [5.74, 6) is 0.629. The molecule has 0 aliphatic heterocycles. The molecule has 6 heteroatoms. The van der Waals surface area contributed by atoms with Crippen LogP contribution in [0, 0.1) is 0 Å². The molecule has 0 aliphatic rings. The fourth-order valence-electron chi connectivity index (χ4n) is 1.33. The second-order valence-corrected chi connectivity index (χ2v) is 4.12. The Balaban J connectivity index is 2.08. The van der Waals surface area contributed by atoms with E-state index in [4.69, 9.17) is 21.1 Å². The lowest BCUT2D eigenvalue weighted by atomic mass is 10.3. The Labute approximate surface area is 116 Å². The van der Waals surface area contributed by atoms with Gasteiger partial charge in [-0.2, -0.15) is 9.97 Å². The van der Waals surface area contributed by atoms with Crippen LogP contribution >= 0.6 is 11.6 Å². The second kappa shape index (κ2) is 6.89. The van der Waals surface area contributed by atoms with Gasteiger partial charge in [0.05, 0.1) is 6.61 Å². The maximum absolute atomic E-state index is 5.81. The number of nitrogens with zero attached hydrogens (tertiary/aromatic N) is 3. The molecule has 0 radical (unpaired) electrons. The average Bonchev–Trinajstić information content (AvgIpc) is 2.39. The molecule has 19 heavy (non-hydrogen) atoms. The zero-order chi connectivity index (χ0) is 13.5. The second-order valence-electron chi connectivity index (χ2n) is 3.79. The zero-order valence-electron chi connectivity index (χ0n) is 10.5. The van der Waals surface area contributed by atoms with Crippen LogP contribution in [-0.2, 0) is 0 Å². The predicted molar refractivity (Wildman–Crippen MR) is 71.8 cm³/mol. The number of unbranched alkanes of at least 4 members (excludes halogenated alkanes) is 1. The van der Waals surface area contributed by atoms with Crippen LogP contribution in [0.2, 0.25) is 5.28 Å². The molecule has 0 spiro atoms. The van der Waals surface area contributed by atoms with E-state index in [9.17, 15) is 0 Å². The molecule has 2 rings (SSSR count). The Morgan fingerprint density at radius 2 is 1.79 bits per heavy atom. The van der Waals surface area contributed by atoms with Crippen LogP contribution < -0.4 is 9.47 Å². The van der Waals surface area contributed by atoms with Crippen molar-refractivity contribution in [3.8, 4) is 17.8 Å². The van der Waals surface area contributed by atoms with E-state index in [0.29, 0.717) is 12.4 Å². The summed E-state index contributed by atoms with van der Waals surface area (Å²) in [6.07, 6.45) is 1.96. The minimum Gasteiger partial charge on any atom is -0.463 e. The summed E-state index contributed by atoms with van der Waals surface area (Å²) in [5.41, 5.74) is 0. The summed E-state index contributed by atoms with van der Waals surface area (Å²) in [7, 11) is 0. The SMILES string of the molecule is CCCCOc1nc(Cl)nc(Oc2ccccc2)n1. The lowest BCUT2D eigenvalue weighted by Gasteiger charge is -2.06. The molecule has 0 fully saturated rings. The van der Waals surface area contributed by atoms with Crippen LogP contribution in [-0.4, -0.2) is 21.6 Å². The molecule has 0 N–H and O–H groups in total. The van der Waals surface area contributed by atoms with Gasteiger partial charge in [-0.25, -0.2) is 0 Å². The summed E-state index contributed by atoms with van der Waals surface area (Å²) in [6, 6.07) is 9.52. The summed E-state index contributed by atoms with van der Waals surface area (Å²) in [5, 5.41) is 0.0485. The van der Waals surface area contributed by atoms with Crippen LogP contribution in [0.15, 0.2) is 30.3 Å². The lowest BCUT2D eigenvalue weighted by Crippen LogP contribution is -2.03. The first-order chi connectivity index (χ1) is 9.28. The smallest absolute Gasteiger partial charge is 0.329 e. The van der Waals surface area contributed by atoms with Crippen molar-refractivity contribution in [3.05, 3.63) is 35.6 Å². The van der Waals surface area contributed by atoms with E-state index in [0.717, 1.165) is 12.8 Å². The van der Waals surface area contributed by atoms with Crippen molar-refractivity contribution in [1.29, 1.82) is 0 Å². The van der Waals surface area contributed by atoms with Crippen molar-refractivity contribution in [2.45, 2.75) is 19.8 Å². The third kappa shape index (κ3) is 4.37. The minimum absolute atomic E-state index is 0.0485. The molecule has 1 heterocycles. The van der Waals surface area contributed by atoms with E-state index in [-0.39, 0.29) is 17.3 Å². The van der Waals surface area contributed by atoms with E-state index in [2.05, 4.69) is 21.9 Å². The van der Waals surface area contributed by atoms with Gasteiger partial charge in [0.25, 0.3) is 0 Å². The molecule has 2 aromatic rings. The predicted octanol–water partition coefficient (Wildman–Crippen LogP) is 3.50. The fourth-order valence-corrected chi connectivity index (χ4v) is 1.47. The fraction of sp³-hybridized carbons (Fsp3) is 0.308. The van der Waals surface area contributed by atoms with Gasteiger partial charge in [0.2, 0.25) is 5.28 Å². The molecule has 0 aliphatic carbocycles. The van der Waals surface area contributed by atoms with Crippen molar-refractivity contribution in [1.82, 2.24) is 15.0 Å². The monoisotopic (exact) mass is 279 g/mol. The molecule has 0 saturated carbocycles. The first-order valence-electron chi connectivity index (χ1n) is 6.05. The van der Waals surface area contributed by atoms with Gasteiger partial charge in [0.15, 0.2) is 0 Å². The standard InChI is InChI=1S/C13H14ClN3O2/c1-2-3-9-18-12-15-11(14)16-13(17-12)19-10-7-5-4-6-8-10/h4-8H,2-3,9H2,1H3. The lowest BCUT2D eigenvalue weighted by molar-refractivity contribution is 0.278. The summed E-state index contributed by atoms with van der Waals surface area (Å²) < 4.78 is 10.9. The minimum atomic E-state index is 0.0485. The van der Waals surface area contributed by atoms with Gasteiger partial charge < -0.3 is 9.47 Å². The van der Waals surface area contributed by atoms with Gasteiger partial charge >= 0.3 is 12.0 Å². The topological polar surface area (TPSA) is 57.1 Å². The van der Waals surface area contributed by atoms with Crippen LogP contribution in [0.3, 0.4) is 0 Å². The van der Waals surface area contributed by atoms with E-state index < -0.39 is 0 Å². The maximum atomic E-state index is 5.81. The van der Waals surface area contributed by atoms with Gasteiger partial charge in [0.1, 0.15) is 5.75 Å². The number of halogens is 1. The van der Waals surface area contributed by atoms with Crippen molar-refractivity contribution in [2.24, 2.45) is 0 Å². The number of aromatic nitrogens is 3. The highest BCUT2D eigenvalue weighted by Gasteiger charge is 2.08. The molecule has 1 aromatic carbocycles. The van der Waals surface area contributed by atoms with Crippen molar-refractivity contribution in [3.63, 3.8) is 0 Å². The van der Waals surface area contributed by atoms with Crippen molar-refractivity contribution >= 4 is 11.6 Å². The number of hydrogen-bond acceptors (Lipinski definition) is 5. The van der Waals surface area contributed by atoms with Crippen LogP contribution in [0.25, 0.3) is 0 Å². The highest BCUT2D eigenvalue weighted by atomic mass is 35.5. The quantitative estimate of drug-likeness (QED) is 0.758. The average molecular weight is 280 g/mol. The highest BCUT2D eigenvalue weighted by molar-refractivity contribution is 6.28. The van der Waals surface area contributed by atoms with Crippen LogP contribution in [0.5, 0.6) is 17.8 Å². The van der Waals surface area contributed by atoms with Gasteiger partial charge in [-0.05, 0) is 30.2 Å². The number of benzene rings is 1. The number of hydrogen-bond donors (Lipinski definition) is 0. The van der Waals surface area contributed by atoms with E-state index in [1.165, 1.54) is 0 Å². The number of para-hydroxylation sites is 1. The molecule has 0 unspecified atom stereocenters. The third-order valence-electron chi connectivity index (χ3n) is 2.25. The molecule has 5 nitrogen and oxygen atoms in total. The van der Waals surface area contributed by atoms with E-state index in [1.807, 2.05) is 18.2 Å². The van der Waals surface area contributed by atoms with Gasteiger partial charge in [0, 0.05) is 0 Å². The Hall–Kier alpha value is -1.88. The maximum Gasteiger partial charge on any atom is 0.329 e. The van der Waals surface area contributed by atoms with Crippen molar-refractivity contribution in [2.75, 3.05) is 6.61 Å². The molecule has 1 aromatic heterocycles. The Morgan fingerprint density at radius 3 is 2.53 bits per heavy atom. The number of rotatable bonds is 6. The normalized spacial score (nSPS) is 10.2. The molecule has 0 bridgehead atoms. The van der Waals surface area contributed by atoms with Crippen LogP contribution in [0.4, 0.5) is 0 Å². The molecular weight excluding hydrogens is 266 g/mol. The van der Waals surface area contributed by atoms with Gasteiger partial charge in [-0.1, -0.05) is 31.5 Å². The first kappa shape index (κ1) is 13.5. The molecule has 0 atom stereocenters. The molecule has 0 saturated heterocycles. The first-order valence-corrected chi connectivity index (χ1v) is 6.43. The Bertz CT molecular complexity index is 523. The molecular formula is C13H14ClN3O2. The van der Waals surface area contributed by atoms with E-state index in [1.54, 1.807) is 12.1 Å². The Morgan fingerprint density at radius 1 is 1.05 bits per heavy atom. The van der Waals surface area contributed by atoms with E-state index >= 15 is 0 Å². The van der Waals surface area contributed by atoms with Crippen LogP contribution in [0.1, 0.15) is 19.8 Å². The highest BCUT2D eigenvalue weighted by Crippen LogP contribution is 2.20. The zero-order valence-corrected chi connectivity index (χ0v) is 11.3. The van der Waals surface area contributed by atoms with Crippen molar-refractivity contribution < 1.29 is 9.47 Å². The summed E-state index contributed by atoms with van der Waals surface area (Å²) in [4.78, 5) is 11.8. The summed E-state index contributed by atoms with van der Waals surface area (Å²) >= 11 is 5.81. The number of ether oxygens (including phenoxy) is 2. The Kier molecular flexibility index (Phi) is 4.92. The molecule has 100 valence electrons.